The van der Waals surface area contributed by atoms with Gasteiger partial charge in [0.05, 0.1) is 11.1 Å². The van der Waals surface area contributed by atoms with Crippen molar-refractivity contribution in [1.82, 2.24) is 5.32 Å². The van der Waals surface area contributed by atoms with E-state index in [1.54, 1.807) is 0 Å². The maximum absolute atomic E-state index is 12.3. The number of hydrogen-bond acceptors (Lipinski definition) is 1. The van der Waals surface area contributed by atoms with Gasteiger partial charge in [0.2, 0.25) is 0 Å². The van der Waals surface area contributed by atoms with Crippen LogP contribution in [0.3, 0.4) is 0 Å². The van der Waals surface area contributed by atoms with E-state index in [1.165, 1.54) is 0 Å². The van der Waals surface area contributed by atoms with Gasteiger partial charge >= 0.3 is 12.4 Å². The maximum Gasteiger partial charge on any atom is 0.419 e. The van der Waals surface area contributed by atoms with Crippen molar-refractivity contribution >= 4 is 5.91 Å². The van der Waals surface area contributed by atoms with Crippen LogP contribution in [0.15, 0.2) is 16.7 Å². The molecule has 0 N–H and O–H groups in total. The highest BCUT2D eigenvalue weighted by Gasteiger charge is 2.50. The summed E-state index contributed by atoms with van der Waals surface area (Å²) in [4.78, 5) is 10.8. The van der Waals surface area contributed by atoms with Crippen LogP contribution in [0.1, 0.15) is 6.92 Å². The Labute approximate surface area is 85.6 Å². The van der Waals surface area contributed by atoms with Crippen molar-refractivity contribution in [2.45, 2.75) is 19.3 Å². The van der Waals surface area contributed by atoms with Crippen LogP contribution in [0, 0.1) is 6.20 Å². The average molecular weight is 243 g/mol. The van der Waals surface area contributed by atoms with Crippen LogP contribution in [0.5, 0.6) is 0 Å². The zero-order chi connectivity index (χ0) is 12.7. The fraction of sp³-hybridized carbons (Fsp3) is 0.375. The second-order valence-electron chi connectivity index (χ2n) is 2.90. The zero-order valence-electron chi connectivity index (χ0n) is 7.62. The molecule has 1 aliphatic rings. The lowest BCUT2D eigenvalue weighted by Crippen LogP contribution is -2.32. The van der Waals surface area contributed by atoms with Crippen LogP contribution in [0.4, 0.5) is 26.3 Å². The van der Waals surface area contributed by atoms with Crippen LogP contribution in [-0.2, 0) is 4.79 Å². The van der Waals surface area contributed by atoms with E-state index in [-0.39, 0.29) is 0 Å². The monoisotopic (exact) mass is 243 g/mol. The molecule has 0 spiro atoms. The van der Waals surface area contributed by atoms with Gasteiger partial charge in [-0.2, -0.15) is 26.3 Å². The number of halogens is 6. The normalized spacial score (nSPS) is 18.4. The molecular formula is C8H3F6NO. The third kappa shape index (κ3) is 2.20. The Balaban J connectivity index is 3.38. The lowest BCUT2D eigenvalue weighted by Gasteiger charge is -2.21. The van der Waals surface area contributed by atoms with Crippen LogP contribution in [0.2, 0.25) is 0 Å². The van der Waals surface area contributed by atoms with Gasteiger partial charge in [-0.15, -0.1) is 0 Å². The minimum Gasteiger partial charge on any atom is -0.267 e. The second kappa shape index (κ2) is 3.53. The fourth-order valence-corrected chi connectivity index (χ4v) is 1.10. The molecule has 88 valence electrons. The van der Waals surface area contributed by atoms with E-state index in [1.807, 2.05) is 0 Å². The quantitative estimate of drug-likeness (QED) is 0.600. The van der Waals surface area contributed by atoms with Crippen molar-refractivity contribution in [1.29, 1.82) is 0 Å². The van der Waals surface area contributed by atoms with Gasteiger partial charge in [-0.1, -0.05) is 0 Å². The summed E-state index contributed by atoms with van der Waals surface area (Å²) in [5.41, 5.74) is -5.18. The molecule has 8 heteroatoms. The molecule has 0 aliphatic carbocycles. The van der Waals surface area contributed by atoms with Crippen LogP contribution in [-0.4, -0.2) is 18.3 Å². The molecule has 16 heavy (non-hydrogen) atoms. The first kappa shape index (κ1) is 12.6. The first-order valence-corrected chi connectivity index (χ1v) is 3.79. The van der Waals surface area contributed by atoms with Crippen LogP contribution in [0.25, 0.3) is 0 Å². The van der Waals surface area contributed by atoms with Crippen molar-refractivity contribution in [3.05, 3.63) is 22.9 Å². The van der Waals surface area contributed by atoms with Crippen LogP contribution < -0.4 is 5.32 Å². The average Bonchev–Trinajstić information content (AvgIpc) is 2.05. The second-order valence-corrected chi connectivity index (χ2v) is 2.90. The van der Waals surface area contributed by atoms with Crippen molar-refractivity contribution < 1.29 is 31.1 Å². The molecule has 0 atom stereocenters. The zero-order valence-corrected chi connectivity index (χ0v) is 7.62. The molecule has 0 unspecified atom stereocenters. The van der Waals surface area contributed by atoms with Crippen molar-refractivity contribution in [3.8, 4) is 0 Å². The number of allylic oxidation sites excluding steroid dienone is 2. The first-order valence-electron chi connectivity index (χ1n) is 3.79. The molecule has 1 amide bonds. The summed E-state index contributed by atoms with van der Waals surface area (Å²) in [7, 11) is 0. The molecule has 1 heterocycles. The number of carbonyl (C=O) groups excluding carboxylic acids is 1. The Morgan fingerprint density at radius 3 is 1.94 bits per heavy atom. The van der Waals surface area contributed by atoms with E-state index in [9.17, 15) is 31.1 Å². The molecule has 0 aromatic rings. The number of hydrogen-bond donors (Lipinski definition) is 0. The summed E-state index contributed by atoms with van der Waals surface area (Å²) in [6, 6.07) is 0. The van der Waals surface area contributed by atoms with Crippen molar-refractivity contribution in [3.63, 3.8) is 0 Å². The predicted octanol–water partition coefficient (Wildman–Crippen LogP) is 2.26. The third-order valence-electron chi connectivity index (χ3n) is 1.78. The van der Waals surface area contributed by atoms with E-state index in [0.29, 0.717) is 6.92 Å². The summed E-state index contributed by atoms with van der Waals surface area (Å²) in [6.07, 6.45) is -9.44. The number of carbonyl (C=O) groups is 1. The molecule has 2 radical (unpaired) electrons. The Bertz CT molecular complexity index is 386. The molecule has 0 fully saturated rings. The number of alkyl halides is 6. The molecule has 1 aliphatic heterocycles. The predicted molar refractivity (Wildman–Crippen MR) is 38.7 cm³/mol. The van der Waals surface area contributed by atoms with Gasteiger partial charge in [-0.25, -0.2) is 5.32 Å². The Hall–Kier alpha value is -1.47. The number of rotatable bonds is 0. The van der Waals surface area contributed by atoms with Gasteiger partial charge in [0, 0.05) is 5.57 Å². The summed E-state index contributed by atoms with van der Waals surface area (Å²) < 4.78 is 73.6. The van der Waals surface area contributed by atoms with Gasteiger partial charge in [-0.3, -0.25) is 4.79 Å². The van der Waals surface area contributed by atoms with E-state index < -0.39 is 35.0 Å². The topological polar surface area (TPSA) is 31.2 Å². The summed E-state index contributed by atoms with van der Waals surface area (Å²) >= 11 is 0. The molecule has 0 saturated heterocycles. The largest absolute Gasteiger partial charge is 0.419 e. The molecule has 0 aromatic carbocycles. The molecule has 0 aromatic heterocycles. The fourth-order valence-electron chi connectivity index (χ4n) is 1.10. The highest BCUT2D eigenvalue weighted by Crippen LogP contribution is 2.42. The summed E-state index contributed by atoms with van der Waals surface area (Å²) in [5.74, 6) is -1.37. The van der Waals surface area contributed by atoms with E-state index in [2.05, 4.69) is 5.32 Å². The number of amides is 1. The molecule has 0 saturated carbocycles. The number of nitrogens with zero attached hydrogens (tertiary/aromatic N) is 1. The molecular weight excluding hydrogens is 240 g/mol. The minimum absolute atomic E-state index is 0.640. The van der Waals surface area contributed by atoms with E-state index in [0.717, 1.165) is 6.20 Å². The first-order chi connectivity index (χ1) is 7.05. The Morgan fingerprint density at radius 2 is 1.56 bits per heavy atom. The van der Waals surface area contributed by atoms with Gasteiger partial charge in [0.1, 0.15) is 6.20 Å². The Kier molecular flexibility index (Phi) is 2.78. The highest BCUT2D eigenvalue weighted by molar-refractivity contribution is 5.96. The van der Waals surface area contributed by atoms with E-state index in [4.69, 9.17) is 0 Å². The van der Waals surface area contributed by atoms with Crippen molar-refractivity contribution in [2.75, 3.05) is 0 Å². The summed E-state index contributed by atoms with van der Waals surface area (Å²) in [5, 5.41) is 2.62. The SMILES string of the molecule is CC1=C(C(F)(F)F)C(C(F)(F)F)=[C][N]C1=O. The molecule has 2 nitrogen and oxygen atoms in total. The lowest BCUT2D eigenvalue weighted by molar-refractivity contribution is -0.126. The van der Waals surface area contributed by atoms with Gasteiger partial charge in [-0.05, 0) is 6.92 Å². The van der Waals surface area contributed by atoms with E-state index >= 15 is 0 Å². The highest BCUT2D eigenvalue weighted by atomic mass is 19.4. The third-order valence-corrected chi connectivity index (χ3v) is 1.78. The molecule has 1 rings (SSSR count). The Morgan fingerprint density at radius 1 is 1.06 bits per heavy atom. The standard InChI is InChI=1S/C8H3F6NO/c1-3-5(8(12,13)14)4(7(9,10)11)2-15-6(3)16/h1H3. The van der Waals surface area contributed by atoms with Gasteiger partial charge in [0.25, 0.3) is 5.91 Å². The summed E-state index contributed by atoms with van der Waals surface area (Å²) in [6.45, 7) is 0.640. The van der Waals surface area contributed by atoms with Crippen LogP contribution >= 0.6 is 0 Å². The maximum atomic E-state index is 12.3. The lowest BCUT2D eigenvalue weighted by atomic mass is 9.97. The van der Waals surface area contributed by atoms with Gasteiger partial charge in [0.15, 0.2) is 0 Å². The van der Waals surface area contributed by atoms with Crippen molar-refractivity contribution in [2.24, 2.45) is 0 Å². The van der Waals surface area contributed by atoms with Gasteiger partial charge < -0.3 is 0 Å². The minimum atomic E-state index is -5.27. The smallest absolute Gasteiger partial charge is 0.267 e. The molecule has 0 bridgehead atoms.